The first kappa shape index (κ1) is 12.4. The van der Waals surface area contributed by atoms with Crippen LogP contribution in [-0.2, 0) is 6.54 Å². The van der Waals surface area contributed by atoms with Gasteiger partial charge in [0, 0.05) is 25.8 Å². The molecular formula is C14H23N3. The lowest BCUT2D eigenvalue weighted by atomic mass is 10.2. The van der Waals surface area contributed by atoms with E-state index in [0.717, 1.165) is 31.4 Å². The molecule has 0 unspecified atom stereocenters. The van der Waals surface area contributed by atoms with Gasteiger partial charge in [-0.05, 0) is 49.9 Å². The van der Waals surface area contributed by atoms with Gasteiger partial charge in [0.2, 0.25) is 0 Å². The van der Waals surface area contributed by atoms with Gasteiger partial charge in [-0.25, -0.2) is 4.98 Å². The summed E-state index contributed by atoms with van der Waals surface area (Å²) in [6, 6.07) is 4.31. The van der Waals surface area contributed by atoms with Gasteiger partial charge in [0.05, 0.1) is 0 Å². The van der Waals surface area contributed by atoms with Crippen LogP contribution in [0.5, 0.6) is 0 Å². The Hall–Kier alpha value is -1.09. The Kier molecular flexibility index (Phi) is 4.37. The highest BCUT2D eigenvalue weighted by Gasteiger charge is 2.24. The molecule has 1 aliphatic carbocycles. The molecule has 1 aromatic heterocycles. The molecule has 1 fully saturated rings. The van der Waals surface area contributed by atoms with Crippen molar-refractivity contribution in [3.63, 3.8) is 0 Å². The van der Waals surface area contributed by atoms with Crippen LogP contribution in [0.25, 0.3) is 0 Å². The van der Waals surface area contributed by atoms with E-state index < -0.39 is 0 Å². The van der Waals surface area contributed by atoms with Crippen molar-refractivity contribution in [3.8, 4) is 0 Å². The third-order valence-corrected chi connectivity index (χ3v) is 3.27. The van der Waals surface area contributed by atoms with E-state index in [-0.39, 0.29) is 0 Å². The number of nitrogens with zero attached hydrogens (tertiary/aromatic N) is 2. The quantitative estimate of drug-likeness (QED) is 0.784. The first-order valence-electron chi connectivity index (χ1n) is 6.74. The number of rotatable bonds is 7. The summed E-state index contributed by atoms with van der Waals surface area (Å²) in [6.07, 6.45) is 4.72. The summed E-state index contributed by atoms with van der Waals surface area (Å²) in [7, 11) is 0. The summed E-state index contributed by atoms with van der Waals surface area (Å²) >= 11 is 0. The Bertz CT molecular complexity index is 347. The summed E-state index contributed by atoms with van der Waals surface area (Å²) in [5, 5.41) is 3.36. The molecule has 0 aromatic carbocycles. The van der Waals surface area contributed by atoms with Crippen molar-refractivity contribution >= 4 is 5.82 Å². The van der Waals surface area contributed by atoms with E-state index in [0.29, 0.717) is 0 Å². The highest BCUT2D eigenvalue weighted by atomic mass is 15.2. The SMILES string of the molecule is CCNCc1ccnc(N(CC)CC2CC2)c1. The standard InChI is InChI=1S/C14H23N3/c1-3-15-10-13-7-8-16-14(9-13)17(4-2)11-12-5-6-12/h7-9,12,15H,3-6,10-11H2,1-2H3. The maximum Gasteiger partial charge on any atom is 0.128 e. The number of hydrogen-bond donors (Lipinski definition) is 1. The molecule has 2 rings (SSSR count). The van der Waals surface area contributed by atoms with Gasteiger partial charge in [-0.1, -0.05) is 6.92 Å². The van der Waals surface area contributed by atoms with Gasteiger partial charge in [0.25, 0.3) is 0 Å². The summed E-state index contributed by atoms with van der Waals surface area (Å²) < 4.78 is 0. The van der Waals surface area contributed by atoms with Crippen LogP contribution in [0.15, 0.2) is 18.3 Å². The second-order valence-electron chi connectivity index (χ2n) is 4.78. The van der Waals surface area contributed by atoms with E-state index in [1.165, 1.54) is 24.9 Å². The van der Waals surface area contributed by atoms with Crippen LogP contribution >= 0.6 is 0 Å². The monoisotopic (exact) mass is 233 g/mol. The van der Waals surface area contributed by atoms with Gasteiger partial charge in [0.1, 0.15) is 5.82 Å². The number of hydrogen-bond acceptors (Lipinski definition) is 3. The second kappa shape index (κ2) is 6.01. The van der Waals surface area contributed by atoms with Crippen molar-refractivity contribution in [3.05, 3.63) is 23.9 Å². The second-order valence-corrected chi connectivity index (χ2v) is 4.78. The highest BCUT2D eigenvalue weighted by molar-refractivity contribution is 5.41. The number of aromatic nitrogens is 1. The van der Waals surface area contributed by atoms with E-state index in [2.05, 4.69) is 41.2 Å². The number of pyridine rings is 1. The minimum atomic E-state index is 0.911. The molecule has 17 heavy (non-hydrogen) atoms. The molecule has 0 amide bonds. The lowest BCUT2D eigenvalue weighted by molar-refractivity contribution is 0.715. The maximum atomic E-state index is 4.50. The van der Waals surface area contributed by atoms with Crippen LogP contribution in [0.1, 0.15) is 32.3 Å². The Balaban J connectivity index is 2.01. The summed E-state index contributed by atoms with van der Waals surface area (Å²) in [6.45, 7) is 8.51. The predicted octanol–water partition coefficient (Wildman–Crippen LogP) is 2.43. The van der Waals surface area contributed by atoms with Crippen LogP contribution in [0, 0.1) is 5.92 Å². The van der Waals surface area contributed by atoms with E-state index in [1.807, 2.05) is 6.20 Å². The molecule has 3 heteroatoms. The first-order chi connectivity index (χ1) is 8.33. The molecule has 0 bridgehead atoms. The van der Waals surface area contributed by atoms with Crippen molar-refractivity contribution in [2.75, 3.05) is 24.5 Å². The topological polar surface area (TPSA) is 28.2 Å². The molecule has 3 nitrogen and oxygen atoms in total. The largest absolute Gasteiger partial charge is 0.357 e. The van der Waals surface area contributed by atoms with Crippen molar-refractivity contribution in [2.45, 2.75) is 33.2 Å². The Labute approximate surface area is 104 Å². The van der Waals surface area contributed by atoms with Crippen LogP contribution in [0.2, 0.25) is 0 Å². The summed E-state index contributed by atoms with van der Waals surface area (Å²) in [4.78, 5) is 6.89. The lowest BCUT2D eigenvalue weighted by Gasteiger charge is -2.22. The van der Waals surface area contributed by atoms with E-state index >= 15 is 0 Å². The van der Waals surface area contributed by atoms with Crippen molar-refractivity contribution in [1.82, 2.24) is 10.3 Å². The van der Waals surface area contributed by atoms with E-state index in [1.54, 1.807) is 0 Å². The average Bonchev–Trinajstić information content (AvgIpc) is 3.18. The zero-order valence-electron chi connectivity index (χ0n) is 10.9. The summed E-state index contributed by atoms with van der Waals surface area (Å²) in [5.41, 5.74) is 1.33. The van der Waals surface area contributed by atoms with Gasteiger partial charge < -0.3 is 10.2 Å². The normalized spacial score (nSPS) is 14.9. The minimum Gasteiger partial charge on any atom is -0.357 e. The fourth-order valence-electron chi connectivity index (χ4n) is 2.01. The molecule has 1 aromatic rings. The Morgan fingerprint density at radius 2 is 2.24 bits per heavy atom. The van der Waals surface area contributed by atoms with Crippen molar-refractivity contribution in [2.24, 2.45) is 5.92 Å². The van der Waals surface area contributed by atoms with Crippen molar-refractivity contribution in [1.29, 1.82) is 0 Å². The third-order valence-electron chi connectivity index (χ3n) is 3.27. The molecule has 0 spiro atoms. The predicted molar refractivity (Wildman–Crippen MR) is 72.2 cm³/mol. The smallest absolute Gasteiger partial charge is 0.128 e. The first-order valence-corrected chi connectivity index (χ1v) is 6.74. The number of nitrogens with one attached hydrogen (secondary N) is 1. The highest BCUT2D eigenvalue weighted by Crippen LogP contribution is 2.30. The molecule has 0 radical (unpaired) electrons. The fourth-order valence-corrected chi connectivity index (χ4v) is 2.01. The maximum absolute atomic E-state index is 4.50. The Morgan fingerprint density at radius 1 is 1.41 bits per heavy atom. The molecule has 94 valence electrons. The zero-order chi connectivity index (χ0) is 12.1. The minimum absolute atomic E-state index is 0.911. The molecule has 1 N–H and O–H groups in total. The molecule has 1 saturated carbocycles. The molecule has 1 heterocycles. The molecule has 0 saturated heterocycles. The van der Waals surface area contributed by atoms with Crippen molar-refractivity contribution < 1.29 is 0 Å². The van der Waals surface area contributed by atoms with E-state index in [4.69, 9.17) is 0 Å². The van der Waals surface area contributed by atoms with Crippen LogP contribution in [0.3, 0.4) is 0 Å². The fraction of sp³-hybridized carbons (Fsp3) is 0.643. The molecule has 0 atom stereocenters. The third kappa shape index (κ3) is 3.70. The van der Waals surface area contributed by atoms with Gasteiger partial charge in [0.15, 0.2) is 0 Å². The van der Waals surface area contributed by atoms with Crippen LogP contribution in [0.4, 0.5) is 5.82 Å². The Morgan fingerprint density at radius 3 is 2.88 bits per heavy atom. The van der Waals surface area contributed by atoms with Gasteiger partial charge in [-0.2, -0.15) is 0 Å². The van der Waals surface area contributed by atoms with Crippen LogP contribution in [-0.4, -0.2) is 24.6 Å². The molecule has 1 aliphatic rings. The summed E-state index contributed by atoms with van der Waals surface area (Å²) in [5.74, 6) is 2.05. The van der Waals surface area contributed by atoms with Gasteiger partial charge >= 0.3 is 0 Å². The number of anilines is 1. The average molecular weight is 233 g/mol. The van der Waals surface area contributed by atoms with E-state index in [9.17, 15) is 0 Å². The van der Waals surface area contributed by atoms with Gasteiger partial charge in [-0.3, -0.25) is 0 Å². The zero-order valence-corrected chi connectivity index (χ0v) is 10.9. The molecular weight excluding hydrogens is 210 g/mol. The lowest BCUT2D eigenvalue weighted by Crippen LogP contribution is -2.26. The van der Waals surface area contributed by atoms with Gasteiger partial charge in [-0.15, -0.1) is 0 Å². The van der Waals surface area contributed by atoms with Crippen LogP contribution < -0.4 is 10.2 Å². The molecule has 0 aliphatic heterocycles.